The highest BCUT2D eigenvalue weighted by atomic mass is 32.2. The number of guanidine groups is 1. The molecule has 0 radical (unpaired) electrons. The fraction of sp³-hybridized carbons (Fsp3) is 0.250. The van der Waals surface area contributed by atoms with Gasteiger partial charge in [0.1, 0.15) is 0 Å². The van der Waals surface area contributed by atoms with Gasteiger partial charge in [-0.1, -0.05) is 0 Å². The van der Waals surface area contributed by atoms with E-state index in [9.17, 15) is 8.42 Å². The lowest BCUT2D eigenvalue weighted by Crippen LogP contribution is -2.36. The monoisotopic (exact) mass is 177 g/mol. The van der Waals surface area contributed by atoms with Crippen LogP contribution in [0.3, 0.4) is 0 Å². The minimum absolute atomic E-state index is 0.0138. The number of nitrogens with zero attached hydrogens (tertiary/aromatic N) is 1. The lowest BCUT2D eigenvalue weighted by Gasteiger charge is -2.10. The van der Waals surface area contributed by atoms with Crippen LogP contribution in [0.25, 0.3) is 0 Å². The van der Waals surface area contributed by atoms with E-state index in [-0.39, 0.29) is 17.5 Å². The van der Waals surface area contributed by atoms with Gasteiger partial charge in [-0.25, -0.2) is 4.99 Å². The third-order valence-corrected chi connectivity index (χ3v) is 1.89. The summed E-state index contributed by atoms with van der Waals surface area (Å²) in [6.45, 7) is 0.161. The van der Waals surface area contributed by atoms with Crippen molar-refractivity contribution in [1.29, 1.82) is 0 Å². The number of nitrogens with one attached hydrogen (secondary N) is 1. The van der Waals surface area contributed by atoms with Crippen molar-refractivity contribution in [3.8, 4) is 0 Å². The Morgan fingerprint density at radius 2 is 2.36 bits per heavy atom. The lowest BCUT2D eigenvalue weighted by atomic mass is 10.5. The molecule has 0 saturated carbocycles. The Balaban J connectivity index is 2.87. The van der Waals surface area contributed by atoms with Gasteiger partial charge in [0.25, 0.3) is 0 Å². The number of hydrogen-bond donors (Lipinski definition) is 3. The van der Waals surface area contributed by atoms with Gasteiger partial charge in [0, 0.05) is 0 Å². The quantitative estimate of drug-likeness (QED) is 0.429. The van der Waals surface area contributed by atoms with Gasteiger partial charge in [-0.05, 0) is 6.08 Å². The molecule has 0 aromatic rings. The zero-order valence-corrected chi connectivity index (χ0v) is 6.30. The van der Waals surface area contributed by atoms with Crippen molar-refractivity contribution in [1.82, 2.24) is 5.32 Å². The van der Waals surface area contributed by atoms with Crippen LogP contribution in [0, 0.1) is 0 Å². The Kier molecular flexibility index (Phi) is 1.83. The Hall–Kier alpha value is -1.08. The molecule has 0 aliphatic carbocycles. The molecule has 0 saturated heterocycles. The van der Waals surface area contributed by atoms with E-state index in [1.165, 1.54) is 6.08 Å². The summed E-state index contributed by atoms with van der Waals surface area (Å²) in [4.78, 5) is 3.62. The molecule has 4 N–H and O–H groups in total. The Morgan fingerprint density at radius 1 is 1.73 bits per heavy atom. The van der Waals surface area contributed by atoms with E-state index in [0.29, 0.717) is 0 Å². The highest BCUT2D eigenvalue weighted by Gasteiger charge is 2.16. The number of hydrogen-bond acceptors (Lipinski definition) is 5. The van der Waals surface area contributed by atoms with Gasteiger partial charge >= 0.3 is 10.1 Å². The molecule has 1 rings (SSSR count). The molecule has 0 atom stereocenters. The summed E-state index contributed by atoms with van der Waals surface area (Å²) in [5.41, 5.74) is 5.14. The third-order valence-electron chi connectivity index (χ3n) is 1.07. The lowest BCUT2D eigenvalue weighted by molar-refractivity contribution is 0.488. The second-order valence-electron chi connectivity index (χ2n) is 1.89. The predicted octanol–water partition coefficient (Wildman–Crippen LogP) is -1.37. The minimum Gasteiger partial charge on any atom is -0.370 e. The van der Waals surface area contributed by atoms with Crippen LogP contribution in [-0.2, 0) is 10.1 Å². The fourth-order valence-electron chi connectivity index (χ4n) is 0.613. The van der Waals surface area contributed by atoms with Crippen LogP contribution in [0.2, 0.25) is 0 Å². The van der Waals surface area contributed by atoms with Gasteiger partial charge in [-0.3, -0.25) is 4.55 Å². The average Bonchev–Trinajstić information content (AvgIpc) is 1.86. The molecule has 0 bridgehead atoms. The molecule has 0 spiro atoms. The largest absolute Gasteiger partial charge is 0.370 e. The molecular formula is C4H7N3O3S. The molecule has 1 aliphatic rings. The first-order valence-corrected chi connectivity index (χ1v) is 4.19. The van der Waals surface area contributed by atoms with Crippen molar-refractivity contribution in [2.24, 2.45) is 10.7 Å². The van der Waals surface area contributed by atoms with Crippen LogP contribution in [0.15, 0.2) is 16.1 Å². The van der Waals surface area contributed by atoms with E-state index < -0.39 is 10.1 Å². The molecule has 0 unspecified atom stereocenters. The van der Waals surface area contributed by atoms with E-state index in [4.69, 9.17) is 10.3 Å². The van der Waals surface area contributed by atoms with Crippen LogP contribution >= 0.6 is 0 Å². The van der Waals surface area contributed by atoms with Crippen molar-refractivity contribution < 1.29 is 13.0 Å². The van der Waals surface area contributed by atoms with Gasteiger partial charge in [-0.2, -0.15) is 8.42 Å². The molecule has 62 valence electrons. The van der Waals surface area contributed by atoms with Crippen molar-refractivity contribution >= 4 is 16.1 Å². The number of rotatable bonds is 1. The standard InChI is InChI=1S/C4H7N3O3S/c5-4-6-2-1-3(7-4)11(8,9)10/h1H,2H2,(H3,5,6,7)(H,8,9,10). The number of aliphatic imine (C=N–C) groups is 1. The molecule has 0 aromatic carbocycles. The summed E-state index contributed by atoms with van der Waals surface area (Å²) >= 11 is 0. The summed E-state index contributed by atoms with van der Waals surface area (Å²) in [6, 6.07) is 0. The highest BCUT2D eigenvalue weighted by molar-refractivity contribution is 7.89. The van der Waals surface area contributed by atoms with Gasteiger partial charge in [0.2, 0.25) is 0 Å². The molecular weight excluding hydrogens is 170 g/mol. The van der Waals surface area contributed by atoms with Crippen molar-refractivity contribution in [2.45, 2.75) is 0 Å². The second kappa shape index (κ2) is 2.51. The third kappa shape index (κ3) is 1.92. The maximum Gasteiger partial charge on any atom is 0.309 e. The molecule has 11 heavy (non-hydrogen) atoms. The van der Waals surface area contributed by atoms with Crippen molar-refractivity contribution in [3.05, 3.63) is 11.1 Å². The Morgan fingerprint density at radius 3 is 2.73 bits per heavy atom. The molecule has 1 aliphatic heterocycles. The first-order valence-electron chi connectivity index (χ1n) is 2.75. The van der Waals surface area contributed by atoms with Crippen LogP contribution in [0.1, 0.15) is 0 Å². The fourth-order valence-corrected chi connectivity index (χ4v) is 1.13. The van der Waals surface area contributed by atoms with E-state index in [2.05, 4.69) is 10.3 Å². The van der Waals surface area contributed by atoms with Gasteiger partial charge < -0.3 is 11.1 Å². The molecule has 0 amide bonds. The second-order valence-corrected chi connectivity index (χ2v) is 3.28. The van der Waals surface area contributed by atoms with Gasteiger partial charge in [-0.15, -0.1) is 0 Å². The zero-order valence-electron chi connectivity index (χ0n) is 5.48. The summed E-state index contributed by atoms with van der Waals surface area (Å²) in [7, 11) is -4.17. The molecule has 7 heteroatoms. The summed E-state index contributed by atoms with van der Waals surface area (Å²) in [5, 5.41) is 1.89. The maximum atomic E-state index is 10.4. The maximum absolute atomic E-state index is 10.4. The first kappa shape index (κ1) is 8.02. The topological polar surface area (TPSA) is 105 Å². The van der Waals surface area contributed by atoms with E-state index >= 15 is 0 Å². The van der Waals surface area contributed by atoms with E-state index in [1.54, 1.807) is 0 Å². The molecule has 0 fully saturated rings. The highest BCUT2D eigenvalue weighted by Crippen LogP contribution is 2.01. The SMILES string of the molecule is NC1=NCC=C(S(=O)(=O)O)N1. The zero-order chi connectivity index (χ0) is 8.48. The average molecular weight is 177 g/mol. The van der Waals surface area contributed by atoms with Crippen molar-refractivity contribution in [3.63, 3.8) is 0 Å². The van der Waals surface area contributed by atoms with Crippen molar-refractivity contribution in [2.75, 3.05) is 6.54 Å². The smallest absolute Gasteiger partial charge is 0.309 e. The summed E-state index contributed by atoms with van der Waals surface area (Å²) in [5.74, 6) is -0.0138. The van der Waals surface area contributed by atoms with Crippen LogP contribution < -0.4 is 11.1 Å². The Labute approximate surface area is 63.6 Å². The van der Waals surface area contributed by atoms with Crippen LogP contribution in [0.4, 0.5) is 0 Å². The van der Waals surface area contributed by atoms with Gasteiger partial charge in [0.15, 0.2) is 11.0 Å². The molecule has 0 aromatic heterocycles. The normalized spacial score (nSPS) is 18.3. The van der Waals surface area contributed by atoms with E-state index in [1.807, 2.05) is 0 Å². The molecule has 6 nitrogen and oxygen atoms in total. The van der Waals surface area contributed by atoms with Crippen LogP contribution in [-0.4, -0.2) is 25.5 Å². The predicted molar refractivity (Wildman–Crippen MR) is 39.3 cm³/mol. The van der Waals surface area contributed by atoms with Gasteiger partial charge in [0.05, 0.1) is 6.54 Å². The number of nitrogens with two attached hydrogens (primary N) is 1. The van der Waals surface area contributed by atoms with E-state index in [0.717, 1.165) is 0 Å². The molecule has 1 heterocycles. The first-order chi connectivity index (χ1) is 5.00. The summed E-state index contributed by atoms with van der Waals surface area (Å²) in [6.07, 6.45) is 1.23. The minimum atomic E-state index is -4.17. The van der Waals surface area contributed by atoms with Crippen LogP contribution in [0.5, 0.6) is 0 Å². The Bertz CT molecular complexity index is 315. The summed E-state index contributed by atoms with van der Waals surface area (Å²) < 4.78 is 29.4.